The monoisotopic (exact) mass is 400 g/mol. The van der Waals surface area contributed by atoms with Gasteiger partial charge in [-0.25, -0.2) is 4.68 Å². The number of hydrogen-bond donors (Lipinski definition) is 0. The van der Waals surface area contributed by atoms with Gasteiger partial charge in [0.2, 0.25) is 0 Å². The molecule has 6 heteroatoms. The lowest BCUT2D eigenvalue weighted by molar-refractivity contribution is 0.0572. The lowest BCUT2D eigenvalue weighted by atomic mass is 10.0. The van der Waals surface area contributed by atoms with Gasteiger partial charge >= 0.3 is 0 Å². The van der Waals surface area contributed by atoms with Crippen molar-refractivity contribution in [3.8, 4) is 5.69 Å². The van der Waals surface area contributed by atoms with E-state index in [1.807, 2.05) is 33.8 Å². The van der Waals surface area contributed by atoms with Gasteiger partial charge in [-0.2, -0.15) is 5.10 Å². The topological polar surface area (TPSA) is 41.4 Å². The highest BCUT2D eigenvalue weighted by Gasteiger charge is 2.30. The van der Waals surface area contributed by atoms with E-state index in [9.17, 15) is 4.79 Å². The van der Waals surface area contributed by atoms with Crippen LogP contribution in [0.5, 0.6) is 0 Å². The van der Waals surface area contributed by atoms with Gasteiger partial charge in [-0.15, -0.1) is 0 Å². The largest absolute Gasteiger partial charge is 0.336 e. The number of halogens is 1. The van der Waals surface area contributed by atoms with Gasteiger partial charge < -0.3 is 4.90 Å². The molecular formula is C22H29ClN4O. The molecule has 1 aliphatic heterocycles. The normalized spacial score (nSPS) is 18.9. The fourth-order valence-corrected chi connectivity index (χ4v) is 4.81. The Labute approximate surface area is 172 Å². The lowest BCUT2D eigenvalue weighted by Gasteiger charge is -2.38. The molecule has 1 saturated carbocycles. The van der Waals surface area contributed by atoms with Gasteiger partial charge in [0.15, 0.2) is 0 Å². The number of amides is 1. The first-order valence-electron chi connectivity index (χ1n) is 10.4. The van der Waals surface area contributed by atoms with Crippen LogP contribution in [-0.4, -0.2) is 57.7 Å². The number of nitrogens with zero attached hydrogens (tertiary/aromatic N) is 4. The summed E-state index contributed by atoms with van der Waals surface area (Å²) in [6, 6.07) is 8.34. The number of benzene rings is 1. The van der Waals surface area contributed by atoms with Crippen LogP contribution in [0.15, 0.2) is 30.5 Å². The molecule has 2 heterocycles. The number of piperazine rings is 1. The maximum absolute atomic E-state index is 13.3. The maximum atomic E-state index is 13.3. The molecule has 1 aromatic heterocycles. The molecule has 0 radical (unpaired) electrons. The molecule has 0 bridgehead atoms. The molecule has 5 nitrogen and oxygen atoms in total. The molecule has 1 aromatic carbocycles. The van der Waals surface area contributed by atoms with Crippen molar-refractivity contribution in [1.29, 1.82) is 0 Å². The highest BCUT2D eigenvalue weighted by Crippen LogP contribution is 2.27. The Morgan fingerprint density at radius 3 is 2.50 bits per heavy atom. The quantitative estimate of drug-likeness (QED) is 0.766. The molecule has 0 unspecified atom stereocenters. The van der Waals surface area contributed by atoms with Gasteiger partial charge in [-0.1, -0.05) is 44.4 Å². The molecule has 2 aliphatic rings. The van der Waals surface area contributed by atoms with Crippen molar-refractivity contribution in [3.05, 3.63) is 46.7 Å². The average molecular weight is 401 g/mol. The summed E-state index contributed by atoms with van der Waals surface area (Å²) in [6.45, 7) is 7.77. The number of carbonyl (C=O) groups is 1. The number of carbonyl (C=O) groups excluding carboxylic acids is 1. The predicted molar refractivity (Wildman–Crippen MR) is 112 cm³/mol. The van der Waals surface area contributed by atoms with E-state index in [1.54, 1.807) is 6.20 Å². The van der Waals surface area contributed by atoms with Gasteiger partial charge in [0.1, 0.15) is 0 Å². The Hall–Kier alpha value is -1.85. The van der Waals surface area contributed by atoms with Crippen LogP contribution in [0.3, 0.4) is 0 Å². The highest BCUT2D eigenvalue weighted by molar-refractivity contribution is 6.30. The van der Waals surface area contributed by atoms with Crippen molar-refractivity contribution >= 4 is 17.5 Å². The molecule has 1 amide bonds. The summed E-state index contributed by atoms with van der Waals surface area (Å²) < 4.78 is 1.86. The zero-order chi connectivity index (χ0) is 19.7. The molecule has 150 valence electrons. The van der Waals surface area contributed by atoms with E-state index in [-0.39, 0.29) is 11.8 Å². The van der Waals surface area contributed by atoms with E-state index < -0.39 is 0 Å². The molecule has 0 spiro atoms. The van der Waals surface area contributed by atoms with Crippen LogP contribution in [0.2, 0.25) is 5.02 Å². The molecule has 0 atom stereocenters. The van der Waals surface area contributed by atoms with E-state index >= 15 is 0 Å². The number of hydrogen-bond acceptors (Lipinski definition) is 3. The Morgan fingerprint density at radius 1 is 1.14 bits per heavy atom. The fraction of sp³-hybridized carbons (Fsp3) is 0.545. The van der Waals surface area contributed by atoms with Gasteiger partial charge in [0.05, 0.1) is 23.1 Å². The SMILES string of the molecule is CC(C)c1c(C(=O)N2CCN(C3CCCC3)CC2)cnn1-c1cccc(Cl)c1. The van der Waals surface area contributed by atoms with Crippen LogP contribution in [0.1, 0.15) is 61.5 Å². The standard InChI is InChI=1S/C22H29ClN4O/c1-16(2)21-20(15-24-27(21)19-9-5-6-17(23)14-19)22(28)26-12-10-25(11-13-26)18-7-3-4-8-18/h5-6,9,14-16,18H,3-4,7-8,10-13H2,1-2H3. The Kier molecular flexibility index (Phi) is 5.74. The van der Waals surface area contributed by atoms with E-state index in [0.29, 0.717) is 10.6 Å². The summed E-state index contributed by atoms with van der Waals surface area (Å²) in [6.07, 6.45) is 7.06. The van der Waals surface area contributed by atoms with Crippen LogP contribution < -0.4 is 0 Å². The third kappa shape index (κ3) is 3.83. The summed E-state index contributed by atoms with van der Waals surface area (Å²) in [4.78, 5) is 17.9. The minimum atomic E-state index is 0.100. The molecular weight excluding hydrogens is 372 g/mol. The van der Waals surface area contributed by atoms with Crippen molar-refractivity contribution in [2.45, 2.75) is 51.5 Å². The first kappa shape index (κ1) is 19.5. The molecule has 2 aromatic rings. The average Bonchev–Trinajstić information content (AvgIpc) is 3.37. The van der Waals surface area contributed by atoms with Gasteiger partial charge in [0.25, 0.3) is 5.91 Å². The van der Waals surface area contributed by atoms with Gasteiger partial charge in [-0.05, 0) is 37.0 Å². The van der Waals surface area contributed by atoms with Crippen molar-refractivity contribution in [3.63, 3.8) is 0 Å². The number of rotatable bonds is 4. The third-order valence-corrected chi connectivity index (χ3v) is 6.31. The third-order valence-electron chi connectivity index (χ3n) is 6.08. The maximum Gasteiger partial charge on any atom is 0.257 e. The summed E-state index contributed by atoms with van der Waals surface area (Å²) >= 11 is 6.16. The molecule has 28 heavy (non-hydrogen) atoms. The van der Waals surface area contributed by atoms with Crippen LogP contribution in [0.25, 0.3) is 5.69 Å². The fourth-order valence-electron chi connectivity index (χ4n) is 4.62. The first-order chi connectivity index (χ1) is 13.5. The van der Waals surface area contributed by atoms with Crippen LogP contribution >= 0.6 is 11.6 Å². The molecule has 0 N–H and O–H groups in total. The van der Waals surface area contributed by atoms with Crippen molar-refractivity contribution < 1.29 is 4.79 Å². The number of aromatic nitrogens is 2. The molecule has 1 saturated heterocycles. The van der Waals surface area contributed by atoms with Gasteiger partial charge in [-0.3, -0.25) is 9.69 Å². The van der Waals surface area contributed by atoms with E-state index in [0.717, 1.165) is 43.6 Å². The van der Waals surface area contributed by atoms with Crippen LogP contribution in [0, 0.1) is 0 Å². The van der Waals surface area contributed by atoms with E-state index in [1.165, 1.54) is 25.7 Å². The Morgan fingerprint density at radius 2 is 1.86 bits per heavy atom. The minimum absolute atomic E-state index is 0.100. The van der Waals surface area contributed by atoms with Gasteiger partial charge in [0, 0.05) is 37.2 Å². The van der Waals surface area contributed by atoms with Crippen molar-refractivity contribution in [1.82, 2.24) is 19.6 Å². The zero-order valence-electron chi connectivity index (χ0n) is 16.8. The summed E-state index contributed by atoms with van der Waals surface area (Å²) in [5.74, 6) is 0.281. The second-order valence-corrected chi connectivity index (χ2v) is 8.69. The first-order valence-corrected chi connectivity index (χ1v) is 10.8. The summed E-state index contributed by atoms with van der Waals surface area (Å²) in [5.41, 5.74) is 2.55. The van der Waals surface area contributed by atoms with Crippen molar-refractivity contribution in [2.24, 2.45) is 0 Å². The van der Waals surface area contributed by atoms with E-state index in [2.05, 4.69) is 23.8 Å². The summed E-state index contributed by atoms with van der Waals surface area (Å²) in [5, 5.41) is 5.21. The molecule has 1 aliphatic carbocycles. The Bertz CT molecular complexity index is 833. The predicted octanol–water partition coefficient (Wildman–Crippen LogP) is 4.35. The zero-order valence-corrected chi connectivity index (χ0v) is 17.5. The van der Waals surface area contributed by atoms with E-state index in [4.69, 9.17) is 11.6 Å². The highest BCUT2D eigenvalue weighted by atomic mass is 35.5. The van der Waals surface area contributed by atoms with Crippen LogP contribution in [-0.2, 0) is 0 Å². The Balaban J connectivity index is 1.53. The lowest BCUT2D eigenvalue weighted by Crippen LogP contribution is -2.51. The second kappa shape index (κ2) is 8.26. The second-order valence-electron chi connectivity index (χ2n) is 8.26. The van der Waals surface area contributed by atoms with Crippen LogP contribution in [0.4, 0.5) is 0 Å². The minimum Gasteiger partial charge on any atom is -0.336 e. The summed E-state index contributed by atoms with van der Waals surface area (Å²) in [7, 11) is 0. The molecule has 4 rings (SSSR count). The smallest absolute Gasteiger partial charge is 0.257 e. The van der Waals surface area contributed by atoms with Crippen molar-refractivity contribution in [2.75, 3.05) is 26.2 Å². The molecule has 2 fully saturated rings.